The van der Waals surface area contributed by atoms with Crippen molar-refractivity contribution in [2.75, 3.05) is 0 Å². The smallest absolute Gasteiger partial charge is 0.279 e. The molecule has 0 bridgehead atoms. The zero-order chi connectivity index (χ0) is 16.4. The number of nitrogens with one attached hydrogen (secondary N) is 1. The molecule has 0 aliphatic rings. The van der Waals surface area contributed by atoms with Crippen LogP contribution < -0.4 is 5.56 Å². The first-order valence-corrected chi connectivity index (χ1v) is 6.63. The standard InChI is InChI=1S/C14H18N4O4/c1-4-8(11(20)12(21)9(19)5-2)18-6-15-10-13(18)16-7(3)17-14(10)22/h4-6,8-9,11-12,19-21H,1-2H2,3H3,(H,16,17,22). The zero-order valence-electron chi connectivity index (χ0n) is 12.0. The van der Waals surface area contributed by atoms with Gasteiger partial charge in [0.2, 0.25) is 0 Å². The van der Waals surface area contributed by atoms with Gasteiger partial charge in [0.25, 0.3) is 5.56 Å². The fraction of sp³-hybridized carbons (Fsp3) is 0.357. The lowest BCUT2D eigenvalue weighted by atomic mass is 10.0. The number of aryl methyl sites for hydroxylation is 1. The summed E-state index contributed by atoms with van der Waals surface area (Å²) in [4.78, 5) is 22.5. The molecule has 4 N–H and O–H groups in total. The van der Waals surface area contributed by atoms with Crippen molar-refractivity contribution in [2.45, 2.75) is 31.3 Å². The largest absolute Gasteiger partial charge is 0.388 e. The summed E-state index contributed by atoms with van der Waals surface area (Å²) >= 11 is 0. The van der Waals surface area contributed by atoms with Crippen molar-refractivity contribution in [3.8, 4) is 0 Å². The molecule has 0 amide bonds. The Morgan fingerprint density at radius 2 is 1.95 bits per heavy atom. The van der Waals surface area contributed by atoms with E-state index in [1.165, 1.54) is 17.0 Å². The summed E-state index contributed by atoms with van der Waals surface area (Å²) in [5.41, 5.74) is -0.0286. The highest BCUT2D eigenvalue weighted by molar-refractivity contribution is 5.69. The van der Waals surface area contributed by atoms with E-state index in [2.05, 4.69) is 28.1 Å². The van der Waals surface area contributed by atoms with Crippen LogP contribution in [0.1, 0.15) is 11.9 Å². The van der Waals surface area contributed by atoms with E-state index in [0.717, 1.165) is 6.08 Å². The topological polar surface area (TPSA) is 124 Å². The normalized spacial score (nSPS) is 16.9. The molecule has 0 aromatic carbocycles. The van der Waals surface area contributed by atoms with Gasteiger partial charge >= 0.3 is 0 Å². The van der Waals surface area contributed by atoms with Crippen molar-refractivity contribution in [3.63, 3.8) is 0 Å². The van der Waals surface area contributed by atoms with E-state index in [1.54, 1.807) is 6.92 Å². The maximum absolute atomic E-state index is 11.8. The van der Waals surface area contributed by atoms with Gasteiger partial charge < -0.3 is 24.9 Å². The molecule has 22 heavy (non-hydrogen) atoms. The van der Waals surface area contributed by atoms with Crippen molar-refractivity contribution < 1.29 is 15.3 Å². The second-order valence-corrected chi connectivity index (χ2v) is 4.91. The van der Waals surface area contributed by atoms with Gasteiger partial charge in [0.1, 0.15) is 24.1 Å². The molecule has 0 saturated heterocycles. The summed E-state index contributed by atoms with van der Waals surface area (Å²) in [5.74, 6) is 0.392. The maximum Gasteiger partial charge on any atom is 0.279 e. The van der Waals surface area contributed by atoms with Crippen LogP contribution in [0.25, 0.3) is 11.2 Å². The molecule has 2 aromatic heterocycles. The highest BCUT2D eigenvalue weighted by Gasteiger charge is 2.30. The quantitative estimate of drug-likeness (QED) is 0.530. The second-order valence-electron chi connectivity index (χ2n) is 4.91. The van der Waals surface area contributed by atoms with Gasteiger partial charge in [0, 0.05) is 0 Å². The average molecular weight is 306 g/mol. The van der Waals surface area contributed by atoms with E-state index in [1.807, 2.05) is 0 Å². The summed E-state index contributed by atoms with van der Waals surface area (Å²) in [6, 6.07) is -0.830. The molecular weight excluding hydrogens is 288 g/mol. The highest BCUT2D eigenvalue weighted by atomic mass is 16.4. The molecule has 0 fully saturated rings. The number of aliphatic hydroxyl groups is 3. The molecule has 0 spiro atoms. The monoisotopic (exact) mass is 306 g/mol. The van der Waals surface area contributed by atoms with E-state index in [0.29, 0.717) is 5.82 Å². The Hall–Kier alpha value is -2.29. The predicted molar refractivity (Wildman–Crippen MR) is 80.3 cm³/mol. The third kappa shape index (κ3) is 2.71. The molecule has 8 nitrogen and oxygen atoms in total. The van der Waals surface area contributed by atoms with E-state index in [9.17, 15) is 20.1 Å². The summed E-state index contributed by atoms with van der Waals surface area (Å²) in [5, 5.41) is 29.8. The first-order chi connectivity index (χ1) is 10.4. The average Bonchev–Trinajstić information content (AvgIpc) is 2.90. The van der Waals surface area contributed by atoms with Gasteiger partial charge in [-0.2, -0.15) is 0 Å². The Morgan fingerprint density at radius 3 is 2.55 bits per heavy atom. The number of H-pyrrole nitrogens is 1. The molecule has 2 heterocycles. The molecule has 4 unspecified atom stereocenters. The Balaban J connectivity index is 2.50. The van der Waals surface area contributed by atoms with Gasteiger partial charge in [-0.05, 0) is 6.92 Å². The van der Waals surface area contributed by atoms with E-state index >= 15 is 0 Å². The minimum Gasteiger partial charge on any atom is -0.388 e. The lowest BCUT2D eigenvalue weighted by Gasteiger charge is -2.27. The Morgan fingerprint density at radius 1 is 1.27 bits per heavy atom. The van der Waals surface area contributed by atoms with Crippen LogP contribution in [0.2, 0.25) is 0 Å². The van der Waals surface area contributed by atoms with Crippen LogP contribution >= 0.6 is 0 Å². The van der Waals surface area contributed by atoms with Gasteiger partial charge in [-0.15, -0.1) is 13.2 Å². The van der Waals surface area contributed by atoms with Crippen molar-refractivity contribution in [1.82, 2.24) is 19.5 Å². The van der Waals surface area contributed by atoms with E-state index < -0.39 is 29.9 Å². The number of hydrogen-bond acceptors (Lipinski definition) is 6. The minimum absolute atomic E-state index is 0.114. The minimum atomic E-state index is -1.47. The molecule has 0 radical (unpaired) electrons. The number of fused-ring (bicyclic) bond motifs is 1. The molecule has 2 rings (SSSR count). The third-order valence-electron chi connectivity index (χ3n) is 3.40. The fourth-order valence-corrected chi connectivity index (χ4v) is 2.21. The first kappa shape index (κ1) is 16.1. The van der Waals surface area contributed by atoms with Crippen LogP contribution in [0.4, 0.5) is 0 Å². The molecular formula is C14H18N4O4. The number of aliphatic hydroxyl groups excluding tert-OH is 3. The summed E-state index contributed by atoms with van der Waals surface area (Å²) in [6.07, 6.45) is -0.332. The number of aromatic nitrogens is 4. The molecule has 118 valence electrons. The van der Waals surface area contributed by atoms with Crippen LogP contribution in [-0.2, 0) is 0 Å². The van der Waals surface area contributed by atoms with Gasteiger partial charge in [-0.1, -0.05) is 12.2 Å². The molecule has 8 heteroatoms. The van der Waals surface area contributed by atoms with Crippen molar-refractivity contribution in [1.29, 1.82) is 0 Å². The van der Waals surface area contributed by atoms with Gasteiger partial charge in [-0.25, -0.2) is 9.97 Å². The van der Waals surface area contributed by atoms with Crippen LogP contribution in [0.5, 0.6) is 0 Å². The van der Waals surface area contributed by atoms with Gasteiger partial charge in [0.15, 0.2) is 11.2 Å². The summed E-state index contributed by atoms with van der Waals surface area (Å²) in [7, 11) is 0. The fourth-order valence-electron chi connectivity index (χ4n) is 2.21. The Labute approximate surface area is 126 Å². The van der Waals surface area contributed by atoms with Gasteiger partial charge in [0.05, 0.1) is 12.4 Å². The van der Waals surface area contributed by atoms with E-state index in [-0.39, 0.29) is 11.2 Å². The zero-order valence-corrected chi connectivity index (χ0v) is 12.0. The second kappa shape index (κ2) is 6.22. The number of nitrogens with zero attached hydrogens (tertiary/aromatic N) is 3. The highest BCUT2D eigenvalue weighted by Crippen LogP contribution is 2.21. The summed E-state index contributed by atoms with van der Waals surface area (Å²) in [6.45, 7) is 8.60. The van der Waals surface area contributed by atoms with Crippen molar-refractivity contribution >= 4 is 11.2 Å². The number of imidazole rings is 1. The maximum atomic E-state index is 11.8. The Bertz CT molecular complexity index is 751. The lowest BCUT2D eigenvalue weighted by Crippen LogP contribution is -2.41. The first-order valence-electron chi connectivity index (χ1n) is 6.63. The SMILES string of the molecule is C=CC(O)C(O)C(O)C(C=C)n1cnc2c(=O)[nH]c(C)nc21. The van der Waals surface area contributed by atoms with Crippen LogP contribution in [-0.4, -0.2) is 53.2 Å². The lowest BCUT2D eigenvalue weighted by molar-refractivity contribution is -0.0544. The number of aromatic amines is 1. The van der Waals surface area contributed by atoms with Gasteiger partial charge in [-0.3, -0.25) is 4.79 Å². The van der Waals surface area contributed by atoms with Crippen LogP contribution in [0.3, 0.4) is 0 Å². The summed E-state index contributed by atoms with van der Waals surface area (Å²) < 4.78 is 1.42. The molecule has 2 aromatic rings. The molecule has 0 aliphatic carbocycles. The van der Waals surface area contributed by atoms with Crippen molar-refractivity contribution in [2.24, 2.45) is 0 Å². The number of hydrogen-bond donors (Lipinski definition) is 4. The molecule has 0 saturated carbocycles. The van der Waals surface area contributed by atoms with Crippen molar-refractivity contribution in [3.05, 3.63) is 47.8 Å². The Kier molecular flexibility index (Phi) is 4.55. The molecule has 0 aliphatic heterocycles. The predicted octanol–water partition coefficient (Wildman–Crippen LogP) is -0.576. The van der Waals surface area contributed by atoms with Crippen LogP contribution in [0, 0.1) is 6.92 Å². The molecule has 4 atom stereocenters. The third-order valence-corrected chi connectivity index (χ3v) is 3.40. The van der Waals surface area contributed by atoms with Crippen LogP contribution in [0.15, 0.2) is 36.4 Å². The van der Waals surface area contributed by atoms with E-state index in [4.69, 9.17) is 0 Å². The number of rotatable bonds is 6.